The third-order valence-corrected chi connectivity index (χ3v) is 3.49. The molecule has 0 amide bonds. The van der Waals surface area contributed by atoms with Gasteiger partial charge in [-0.05, 0) is 32.7 Å². The number of carboxylic acids is 1. The van der Waals surface area contributed by atoms with Crippen LogP contribution in [0.4, 0.5) is 0 Å². The van der Waals surface area contributed by atoms with Gasteiger partial charge in [-0.25, -0.2) is 0 Å². The molecule has 1 unspecified atom stereocenters. The molecule has 3 atom stereocenters. The smallest absolute Gasteiger partial charge is 0.308 e. The first-order valence-electron chi connectivity index (χ1n) is 4.65. The fourth-order valence-electron chi connectivity index (χ4n) is 2.73. The minimum absolute atomic E-state index is 0.103. The second kappa shape index (κ2) is 2.73. The molecule has 12 heavy (non-hydrogen) atoms. The third-order valence-electron chi connectivity index (χ3n) is 3.49. The maximum atomic E-state index is 10.9. The number of rotatable bonds is 1. The summed E-state index contributed by atoms with van der Waals surface area (Å²) in [4.78, 5) is 13.1. The van der Waals surface area contributed by atoms with Crippen LogP contribution < -0.4 is 0 Å². The zero-order chi connectivity index (χ0) is 8.72. The van der Waals surface area contributed by atoms with E-state index in [9.17, 15) is 4.79 Å². The number of piperidine rings is 1. The average Bonchev–Trinajstić information content (AvgIpc) is 2.32. The normalized spacial score (nSPS) is 41.6. The highest BCUT2D eigenvalue weighted by molar-refractivity contribution is 5.71. The fraction of sp³-hybridized carbons (Fsp3) is 0.889. The van der Waals surface area contributed by atoms with E-state index >= 15 is 0 Å². The van der Waals surface area contributed by atoms with Gasteiger partial charge in [-0.15, -0.1) is 0 Å². The summed E-state index contributed by atoms with van der Waals surface area (Å²) >= 11 is 0. The average molecular weight is 169 g/mol. The van der Waals surface area contributed by atoms with Crippen LogP contribution in [0.5, 0.6) is 0 Å². The van der Waals surface area contributed by atoms with Gasteiger partial charge < -0.3 is 5.11 Å². The number of aliphatic carboxylic acids is 1. The second-order valence-electron chi connectivity index (χ2n) is 3.99. The predicted octanol–water partition coefficient (Wildman–Crippen LogP) is 0.944. The summed E-state index contributed by atoms with van der Waals surface area (Å²) in [6.45, 7) is 0. The van der Waals surface area contributed by atoms with Crippen molar-refractivity contribution in [2.24, 2.45) is 5.92 Å². The first-order chi connectivity index (χ1) is 5.70. The summed E-state index contributed by atoms with van der Waals surface area (Å²) < 4.78 is 0. The van der Waals surface area contributed by atoms with E-state index in [1.807, 2.05) is 0 Å². The molecule has 0 aromatic heterocycles. The van der Waals surface area contributed by atoms with Crippen LogP contribution in [0.2, 0.25) is 0 Å². The molecule has 2 fully saturated rings. The third kappa shape index (κ3) is 1.04. The number of hydrogen-bond donors (Lipinski definition) is 1. The van der Waals surface area contributed by atoms with Crippen molar-refractivity contribution < 1.29 is 9.90 Å². The number of carbonyl (C=O) groups is 1. The van der Waals surface area contributed by atoms with E-state index in [4.69, 9.17) is 5.11 Å². The van der Waals surface area contributed by atoms with Crippen LogP contribution in [-0.2, 0) is 4.79 Å². The summed E-state index contributed by atoms with van der Waals surface area (Å²) in [6, 6.07) is 0.992. The lowest BCUT2D eigenvalue weighted by Crippen LogP contribution is -2.44. The lowest BCUT2D eigenvalue weighted by atomic mass is 9.91. The molecule has 0 aromatic rings. The highest BCUT2D eigenvalue weighted by atomic mass is 16.4. The molecule has 0 spiro atoms. The zero-order valence-corrected chi connectivity index (χ0v) is 7.36. The van der Waals surface area contributed by atoms with Crippen LogP contribution in [-0.4, -0.2) is 35.1 Å². The van der Waals surface area contributed by atoms with Crippen molar-refractivity contribution in [1.82, 2.24) is 4.90 Å². The molecule has 3 nitrogen and oxygen atoms in total. The first kappa shape index (κ1) is 8.05. The molecule has 0 radical (unpaired) electrons. The summed E-state index contributed by atoms with van der Waals surface area (Å²) in [6.07, 6.45) is 4.24. The highest BCUT2D eigenvalue weighted by Gasteiger charge is 2.42. The van der Waals surface area contributed by atoms with Gasteiger partial charge in [-0.2, -0.15) is 0 Å². The van der Waals surface area contributed by atoms with E-state index in [1.165, 1.54) is 6.42 Å². The van der Waals surface area contributed by atoms with Gasteiger partial charge in [-0.3, -0.25) is 9.69 Å². The minimum atomic E-state index is -0.604. The largest absolute Gasteiger partial charge is 0.481 e. The monoisotopic (exact) mass is 169 g/mol. The molecular weight excluding hydrogens is 154 g/mol. The van der Waals surface area contributed by atoms with Gasteiger partial charge in [0.1, 0.15) is 0 Å². The molecule has 2 aliphatic rings. The molecule has 68 valence electrons. The second-order valence-corrected chi connectivity index (χ2v) is 3.99. The van der Waals surface area contributed by atoms with Crippen LogP contribution in [0.25, 0.3) is 0 Å². The van der Waals surface area contributed by atoms with Gasteiger partial charge in [0.25, 0.3) is 0 Å². The molecule has 0 aliphatic carbocycles. The Morgan fingerprint density at radius 2 is 2.00 bits per heavy atom. The van der Waals surface area contributed by atoms with Gasteiger partial charge in [0.05, 0.1) is 5.92 Å². The number of carboxylic acid groups (broad SMARTS) is 1. The van der Waals surface area contributed by atoms with Gasteiger partial charge >= 0.3 is 5.97 Å². The first-order valence-corrected chi connectivity index (χ1v) is 4.65. The molecule has 2 aliphatic heterocycles. The van der Waals surface area contributed by atoms with Crippen molar-refractivity contribution in [3.8, 4) is 0 Å². The van der Waals surface area contributed by atoms with Gasteiger partial charge in [-0.1, -0.05) is 0 Å². The standard InChI is InChI=1S/C9H15NO2/c1-10-6-2-4-7(9(11)12)8(10)5-3-6/h6-8H,2-5H2,1H3,(H,11,12)/t6-,7-,8?/m0/s1. The summed E-state index contributed by atoms with van der Waals surface area (Å²) in [5.74, 6) is -0.707. The van der Waals surface area contributed by atoms with Gasteiger partial charge in [0.2, 0.25) is 0 Å². The Balaban J connectivity index is 2.14. The van der Waals surface area contributed by atoms with E-state index in [0.717, 1.165) is 19.3 Å². The molecule has 0 aromatic carbocycles. The Kier molecular flexibility index (Phi) is 1.83. The van der Waals surface area contributed by atoms with E-state index < -0.39 is 5.97 Å². The van der Waals surface area contributed by atoms with Crippen molar-refractivity contribution in [2.45, 2.75) is 37.8 Å². The lowest BCUT2D eigenvalue weighted by Gasteiger charge is -2.35. The summed E-state index contributed by atoms with van der Waals surface area (Å²) in [5.41, 5.74) is 0. The summed E-state index contributed by atoms with van der Waals surface area (Å²) in [7, 11) is 2.07. The van der Waals surface area contributed by atoms with Crippen LogP contribution in [0.3, 0.4) is 0 Å². The predicted molar refractivity (Wildman–Crippen MR) is 44.9 cm³/mol. The SMILES string of the molecule is CN1C2CC[C@@H]1CC[C@@H]2C(=O)O. The molecule has 2 rings (SSSR count). The molecule has 0 saturated carbocycles. The molecule has 1 N–H and O–H groups in total. The van der Waals surface area contributed by atoms with Crippen molar-refractivity contribution in [3.05, 3.63) is 0 Å². The Bertz CT molecular complexity index is 205. The molecule has 2 heterocycles. The highest BCUT2D eigenvalue weighted by Crippen LogP contribution is 2.37. The van der Waals surface area contributed by atoms with Crippen LogP contribution in [0, 0.1) is 5.92 Å². The van der Waals surface area contributed by atoms with Gasteiger partial charge in [0.15, 0.2) is 0 Å². The van der Waals surface area contributed by atoms with Crippen molar-refractivity contribution >= 4 is 5.97 Å². The number of fused-ring (bicyclic) bond motifs is 2. The van der Waals surface area contributed by atoms with Crippen molar-refractivity contribution in [1.29, 1.82) is 0 Å². The van der Waals surface area contributed by atoms with Gasteiger partial charge in [0, 0.05) is 12.1 Å². The fourth-order valence-corrected chi connectivity index (χ4v) is 2.73. The number of hydrogen-bond acceptors (Lipinski definition) is 2. The van der Waals surface area contributed by atoms with E-state index in [1.54, 1.807) is 0 Å². The quantitative estimate of drug-likeness (QED) is 0.635. The summed E-state index contributed by atoms with van der Waals surface area (Å²) in [5, 5.41) is 8.95. The van der Waals surface area contributed by atoms with Crippen molar-refractivity contribution in [2.75, 3.05) is 7.05 Å². The zero-order valence-electron chi connectivity index (χ0n) is 7.36. The lowest BCUT2D eigenvalue weighted by molar-refractivity contribution is -0.145. The Morgan fingerprint density at radius 3 is 2.67 bits per heavy atom. The molecule has 2 saturated heterocycles. The maximum Gasteiger partial charge on any atom is 0.308 e. The molecule has 3 heteroatoms. The minimum Gasteiger partial charge on any atom is -0.481 e. The van der Waals surface area contributed by atoms with Crippen LogP contribution >= 0.6 is 0 Å². The topological polar surface area (TPSA) is 40.5 Å². The molecular formula is C9H15NO2. The molecule has 2 bridgehead atoms. The van der Waals surface area contributed by atoms with Crippen LogP contribution in [0.1, 0.15) is 25.7 Å². The Morgan fingerprint density at radius 1 is 1.33 bits per heavy atom. The Hall–Kier alpha value is -0.570. The maximum absolute atomic E-state index is 10.9. The van der Waals surface area contributed by atoms with E-state index in [-0.39, 0.29) is 5.92 Å². The Labute approximate surface area is 72.4 Å². The van der Waals surface area contributed by atoms with E-state index in [2.05, 4.69) is 11.9 Å². The van der Waals surface area contributed by atoms with E-state index in [0.29, 0.717) is 12.1 Å². The van der Waals surface area contributed by atoms with Crippen molar-refractivity contribution in [3.63, 3.8) is 0 Å². The van der Waals surface area contributed by atoms with Crippen LogP contribution in [0.15, 0.2) is 0 Å². The number of nitrogens with zero attached hydrogens (tertiary/aromatic N) is 1.